The number of ether oxygens (including phenoxy) is 1. The molecule has 0 aliphatic heterocycles. The Morgan fingerprint density at radius 3 is 2.38 bits per heavy atom. The van der Waals surface area contributed by atoms with E-state index in [1.165, 1.54) is 0 Å². The molecule has 0 aromatic rings. The quantitative estimate of drug-likeness (QED) is 0.348. The van der Waals surface area contributed by atoms with Crippen molar-refractivity contribution < 1.29 is 19.7 Å². The second-order valence-corrected chi connectivity index (χ2v) is 4.84. The van der Waals surface area contributed by atoms with Gasteiger partial charge in [0.05, 0.1) is 0 Å². The van der Waals surface area contributed by atoms with Gasteiger partial charge in [-0.15, -0.1) is 0 Å². The van der Waals surface area contributed by atoms with E-state index in [0.717, 1.165) is 19.3 Å². The molecule has 0 unspecified atom stereocenters. The molecule has 0 saturated heterocycles. The van der Waals surface area contributed by atoms with Crippen molar-refractivity contribution >= 4 is 5.97 Å². The lowest BCUT2D eigenvalue weighted by Crippen LogP contribution is -2.46. The van der Waals surface area contributed by atoms with E-state index in [-0.39, 0.29) is 0 Å². The Labute approximate surface area is 96.2 Å². The molecular formula is C12H20O4. The van der Waals surface area contributed by atoms with Gasteiger partial charge in [-0.3, -0.25) is 5.26 Å². The van der Waals surface area contributed by atoms with E-state index >= 15 is 0 Å². The molecule has 4 nitrogen and oxygen atoms in total. The molecule has 0 aromatic heterocycles. The normalized spacial score (nSPS) is 20.2. The fourth-order valence-electron chi connectivity index (χ4n) is 1.83. The molecule has 0 atom stereocenters. The molecule has 16 heavy (non-hydrogen) atoms. The molecule has 0 heterocycles. The summed E-state index contributed by atoms with van der Waals surface area (Å²) in [6.07, 6.45) is 5.36. The molecule has 92 valence electrons. The van der Waals surface area contributed by atoms with E-state index in [9.17, 15) is 4.79 Å². The van der Waals surface area contributed by atoms with Crippen molar-refractivity contribution in [2.75, 3.05) is 0 Å². The standard InChI is InChI=1S/C12H20O4/c1-4-11(2,3)15-10(13)12(16-14)8-6-5-7-9-12/h4,14H,1,5-9H2,2-3H3. The Hall–Kier alpha value is -0.870. The summed E-state index contributed by atoms with van der Waals surface area (Å²) in [7, 11) is 0. The van der Waals surface area contributed by atoms with Gasteiger partial charge >= 0.3 is 5.97 Å². The lowest BCUT2D eigenvalue weighted by Gasteiger charge is -2.34. The van der Waals surface area contributed by atoms with Gasteiger partial charge in [0.15, 0.2) is 5.60 Å². The fraction of sp³-hybridized carbons (Fsp3) is 0.750. The van der Waals surface area contributed by atoms with E-state index in [0.29, 0.717) is 12.8 Å². The molecule has 1 aliphatic carbocycles. The molecule has 1 aliphatic rings. The third kappa shape index (κ3) is 2.83. The minimum absolute atomic E-state index is 0.500. The average molecular weight is 228 g/mol. The number of hydrogen-bond donors (Lipinski definition) is 1. The Morgan fingerprint density at radius 2 is 1.94 bits per heavy atom. The largest absolute Gasteiger partial charge is 0.453 e. The molecule has 1 fully saturated rings. The minimum atomic E-state index is -1.17. The molecule has 0 spiro atoms. The predicted molar refractivity (Wildman–Crippen MR) is 59.9 cm³/mol. The highest BCUT2D eigenvalue weighted by Crippen LogP contribution is 2.33. The van der Waals surface area contributed by atoms with E-state index in [4.69, 9.17) is 9.99 Å². The van der Waals surface area contributed by atoms with Crippen LogP contribution in [-0.2, 0) is 14.4 Å². The van der Waals surface area contributed by atoms with Crippen LogP contribution >= 0.6 is 0 Å². The summed E-state index contributed by atoms with van der Waals surface area (Å²) in [6, 6.07) is 0. The monoisotopic (exact) mass is 228 g/mol. The molecule has 4 heteroatoms. The summed E-state index contributed by atoms with van der Waals surface area (Å²) in [5.74, 6) is -0.500. The lowest BCUT2D eigenvalue weighted by atomic mass is 9.85. The maximum absolute atomic E-state index is 12.0. The summed E-state index contributed by atoms with van der Waals surface area (Å²) < 4.78 is 5.28. The van der Waals surface area contributed by atoms with Crippen LogP contribution in [0.15, 0.2) is 12.7 Å². The third-order valence-electron chi connectivity index (χ3n) is 3.06. The third-order valence-corrected chi connectivity index (χ3v) is 3.06. The number of hydrogen-bond acceptors (Lipinski definition) is 4. The summed E-state index contributed by atoms with van der Waals surface area (Å²) in [4.78, 5) is 16.4. The zero-order chi connectivity index (χ0) is 12.2. The zero-order valence-electron chi connectivity index (χ0n) is 9.99. The van der Waals surface area contributed by atoms with Crippen molar-refractivity contribution in [3.05, 3.63) is 12.7 Å². The Balaban J connectivity index is 2.72. The van der Waals surface area contributed by atoms with Crippen molar-refractivity contribution in [3.63, 3.8) is 0 Å². The van der Waals surface area contributed by atoms with E-state index in [1.54, 1.807) is 19.9 Å². The van der Waals surface area contributed by atoms with Gasteiger partial charge in [0.1, 0.15) is 5.60 Å². The second-order valence-electron chi connectivity index (χ2n) is 4.84. The topological polar surface area (TPSA) is 55.8 Å². The molecule has 0 radical (unpaired) electrons. The average Bonchev–Trinajstić information content (AvgIpc) is 2.29. The van der Waals surface area contributed by atoms with Gasteiger partial charge in [-0.05, 0) is 45.6 Å². The van der Waals surface area contributed by atoms with Gasteiger partial charge in [0.25, 0.3) is 0 Å². The summed E-state index contributed by atoms with van der Waals surface area (Å²) >= 11 is 0. The first kappa shape index (κ1) is 13.2. The molecule has 1 saturated carbocycles. The predicted octanol–water partition coefficient (Wildman–Crippen LogP) is 2.69. The summed E-state index contributed by atoms with van der Waals surface area (Å²) in [5, 5.41) is 8.95. The number of carbonyl (C=O) groups is 1. The Bertz CT molecular complexity index is 264. The van der Waals surface area contributed by atoms with Crippen LogP contribution in [0.1, 0.15) is 46.0 Å². The molecule has 0 aromatic carbocycles. The zero-order valence-corrected chi connectivity index (χ0v) is 9.99. The van der Waals surface area contributed by atoms with Gasteiger partial charge < -0.3 is 4.74 Å². The van der Waals surface area contributed by atoms with Gasteiger partial charge in [-0.1, -0.05) is 13.0 Å². The first-order chi connectivity index (χ1) is 7.46. The highest BCUT2D eigenvalue weighted by molar-refractivity contribution is 5.80. The van der Waals surface area contributed by atoms with Crippen molar-refractivity contribution in [3.8, 4) is 0 Å². The SMILES string of the molecule is C=CC(C)(C)OC(=O)C1(OO)CCCCC1. The summed E-state index contributed by atoms with van der Waals surface area (Å²) in [5.41, 5.74) is -1.90. The first-order valence-electron chi connectivity index (χ1n) is 5.65. The van der Waals surface area contributed by atoms with Gasteiger partial charge in [-0.2, -0.15) is 0 Å². The van der Waals surface area contributed by atoms with Gasteiger partial charge in [-0.25, -0.2) is 9.68 Å². The molecule has 0 amide bonds. The smallest absolute Gasteiger partial charge is 0.342 e. The van der Waals surface area contributed by atoms with Gasteiger partial charge in [0, 0.05) is 0 Å². The fourth-order valence-corrected chi connectivity index (χ4v) is 1.83. The second kappa shape index (κ2) is 4.97. The van der Waals surface area contributed by atoms with Gasteiger partial charge in [0.2, 0.25) is 0 Å². The number of esters is 1. The van der Waals surface area contributed by atoms with Crippen LogP contribution in [-0.4, -0.2) is 22.4 Å². The highest BCUT2D eigenvalue weighted by atomic mass is 17.1. The molecular weight excluding hydrogens is 208 g/mol. The van der Waals surface area contributed by atoms with Crippen molar-refractivity contribution in [1.82, 2.24) is 0 Å². The van der Waals surface area contributed by atoms with Crippen LogP contribution in [0, 0.1) is 0 Å². The molecule has 0 bridgehead atoms. The number of rotatable bonds is 4. The van der Waals surface area contributed by atoms with Crippen LogP contribution in [0.5, 0.6) is 0 Å². The molecule has 1 rings (SSSR count). The summed E-state index contributed by atoms with van der Waals surface area (Å²) in [6.45, 7) is 7.08. The van der Waals surface area contributed by atoms with Crippen molar-refractivity contribution in [2.45, 2.75) is 57.2 Å². The Kier molecular flexibility index (Phi) is 4.10. The first-order valence-corrected chi connectivity index (χ1v) is 5.65. The van der Waals surface area contributed by atoms with E-state index in [1.807, 2.05) is 0 Å². The van der Waals surface area contributed by atoms with E-state index < -0.39 is 17.2 Å². The van der Waals surface area contributed by atoms with Crippen molar-refractivity contribution in [2.24, 2.45) is 0 Å². The van der Waals surface area contributed by atoms with Crippen LogP contribution in [0.4, 0.5) is 0 Å². The Morgan fingerprint density at radius 1 is 1.38 bits per heavy atom. The van der Waals surface area contributed by atoms with Crippen LogP contribution in [0.2, 0.25) is 0 Å². The highest BCUT2D eigenvalue weighted by Gasteiger charge is 2.44. The minimum Gasteiger partial charge on any atom is -0.453 e. The maximum Gasteiger partial charge on any atom is 0.342 e. The number of carbonyl (C=O) groups excluding carboxylic acids is 1. The van der Waals surface area contributed by atoms with Crippen LogP contribution < -0.4 is 0 Å². The van der Waals surface area contributed by atoms with Crippen LogP contribution in [0.3, 0.4) is 0 Å². The lowest BCUT2D eigenvalue weighted by molar-refractivity contribution is -0.326. The molecule has 1 N–H and O–H groups in total. The maximum atomic E-state index is 12.0. The van der Waals surface area contributed by atoms with E-state index in [2.05, 4.69) is 11.5 Å². The van der Waals surface area contributed by atoms with Crippen molar-refractivity contribution in [1.29, 1.82) is 0 Å². The van der Waals surface area contributed by atoms with Crippen LogP contribution in [0.25, 0.3) is 0 Å².